The average molecular weight is 211 g/mol. The average Bonchev–Trinajstić information content (AvgIpc) is 2.18. The summed E-state index contributed by atoms with van der Waals surface area (Å²) < 4.78 is 10.6. The first-order chi connectivity index (χ1) is 7.19. The molecule has 0 bridgehead atoms. The predicted octanol–water partition coefficient (Wildman–Crippen LogP) is 1.03. The number of hydrogen-bond acceptors (Lipinski definition) is 5. The van der Waals surface area contributed by atoms with Gasteiger partial charge in [0, 0.05) is 7.11 Å². The van der Waals surface area contributed by atoms with Crippen molar-refractivity contribution in [3.05, 3.63) is 11.9 Å². The Bertz CT molecular complexity index is 318. The van der Waals surface area contributed by atoms with Gasteiger partial charge in [-0.25, -0.2) is 9.97 Å². The third-order valence-corrected chi connectivity index (χ3v) is 2.01. The molecule has 0 spiro atoms. The minimum atomic E-state index is -0.0467. The molecule has 0 fully saturated rings. The van der Waals surface area contributed by atoms with Crippen LogP contribution in [-0.2, 0) is 11.2 Å². The van der Waals surface area contributed by atoms with Crippen molar-refractivity contribution in [1.82, 2.24) is 9.97 Å². The van der Waals surface area contributed by atoms with Crippen molar-refractivity contribution in [3.8, 4) is 5.88 Å². The number of nitrogens with zero attached hydrogens (tertiary/aromatic N) is 2. The lowest BCUT2D eigenvalue weighted by molar-refractivity contribution is 0.0882. The number of aromatic nitrogens is 2. The molecule has 0 saturated carbocycles. The van der Waals surface area contributed by atoms with Gasteiger partial charge in [0.2, 0.25) is 5.88 Å². The lowest BCUT2D eigenvalue weighted by Crippen LogP contribution is -2.20. The largest absolute Gasteiger partial charge is 0.472 e. The number of methoxy groups -OCH3 is 1. The molecule has 84 valence electrons. The molecule has 0 aliphatic heterocycles. The van der Waals surface area contributed by atoms with Crippen molar-refractivity contribution in [2.24, 2.45) is 0 Å². The van der Waals surface area contributed by atoms with E-state index in [0.717, 1.165) is 12.0 Å². The third-order valence-electron chi connectivity index (χ3n) is 2.01. The molecule has 1 rings (SSSR count). The zero-order valence-electron chi connectivity index (χ0n) is 9.36. The van der Waals surface area contributed by atoms with Crippen LogP contribution in [0.15, 0.2) is 6.33 Å². The Morgan fingerprint density at radius 3 is 2.80 bits per heavy atom. The molecule has 2 N–H and O–H groups in total. The number of rotatable bonds is 5. The van der Waals surface area contributed by atoms with Crippen molar-refractivity contribution >= 4 is 5.82 Å². The van der Waals surface area contributed by atoms with E-state index in [1.807, 2.05) is 13.8 Å². The number of nitrogen functional groups attached to an aromatic ring is 1. The number of nitrogens with two attached hydrogens (primary N) is 1. The Hall–Kier alpha value is -1.36. The van der Waals surface area contributed by atoms with E-state index in [4.69, 9.17) is 15.2 Å². The van der Waals surface area contributed by atoms with E-state index in [1.165, 1.54) is 6.33 Å². The second-order valence-electron chi connectivity index (χ2n) is 3.28. The van der Waals surface area contributed by atoms with Crippen LogP contribution in [0.4, 0.5) is 5.82 Å². The quantitative estimate of drug-likeness (QED) is 0.787. The summed E-state index contributed by atoms with van der Waals surface area (Å²) in [5.41, 5.74) is 6.57. The van der Waals surface area contributed by atoms with Gasteiger partial charge in [0.05, 0.1) is 12.2 Å². The summed E-state index contributed by atoms with van der Waals surface area (Å²) >= 11 is 0. The zero-order chi connectivity index (χ0) is 11.3. The van der Waals surface area contributed by atoms with Gasteiger partial charge in [0.1, 0.15) is 18.2 Å². The van der Waals surface area contributed by atoms with E-state index in [1.54, 1.807) is 7.11 Å². The van der Waals surface area contributed by atoms with E-state index in [2.05, 4.69) is 9.97 Å². The maximum atomic E-state index is 5.72. The minimum Gasteiger partial charge on any atom is -0.472 e. The Labute approximate surface area is 89.6 Å². The summed E-state index contributed by atoms with van der Waals surface area (Å²) in [6, 6.07) is 0. The summed E-state index contributed by atoms with van der Waals surface area (Å²) in [6.07, 6.45) is 2.11. The van der Waals surface area contributed by atoms with E-state index in [9.17, 15) is 0 Å². The molecule has 0 aliphatic carbocycles. The maximum Gasteiger partial charge on any atom is 0.222 e. The normalized spacial score (nSPS) is 12.5. The van der Waals surface area contributed by atoms with Crippen LogP contribution in [0.3, 0.4) is 0 Å². The fraction of sp³-hybridized carbons (Fsp3) is 0.600. The second kappa shape index (κ2) is 5.50. The first-order valence-electron chi connectivity index (χ1n) is 4.94. The molecule has 5 heteroatoms. The van der Waals surface area contributed by atoms with Gasteiger partial charge in [0.15, 0.2) is 0 Å². The standard InChI is InChI=1S/C10H17N3O2/c1-4-8-9(11)12-6-13-10(8)15-7(2)5-14-3/h6-7H,4-5H2,1-3H3,(H2,11,12,13). The highest BCUT2D eigenvalue weighted by atomic mass is 16.5. The SMILES string of the molecule is CCc1c(N)ncnc1OC(C)COC. The molecule has 1 heterocycles. The van der Waals surface area contributed by atoms with Crippen LogP contribution in [0, 0.1) is 0 Å². The van der Waals surface area contributed by atoms with Crippen LogP contribution in [0.2, 0.25) is 0 Å². The molecule has 15 heavy (non-hydrogen) atoms. The van der Waals surface area contributed by atoms with Gasteiger partial charge in [-0.05, 0) is 13.3 Å². The first kappa shape index (κ1) is 11.7. The van der Waals surface area contributed by atoms with Crippen LogP contribution in [0.1, 0.15) is 19.4 Å². The molecular weight excluding hydrogens is 194 g/mol. The molecule has 0 amide bonds. The molecule has 0 saturated heterocycles. The molecule has 1 aromatic rings. The monoisotopic (exact) mass is 211 g/mol. The molecule has 0 aromatic carbocycles. The van der Waals surface area contributed by atoms with Gasteiger partial charge in [0.25, 0.3) is 0 Å². The van der Waals surface area contributed by atoms with Gasteiger partial charge in [-0.15, -0.1) is 0 Å². The van der Waals surface area contributed by atoms with E-state index in [-0.39, 0.29) is 6.10 Å². The maximum absolute atomic E-state index is 5.72. The Balaban J connectivity index is 2.80. The molecule has 5 nitrogen and oxygen atoms in total. The fourth-order valence-electron chi connectivity index (χ4n) is 1.30. The first-order valence-corrected chi connectivity index (χ1v) is 4.94. The van der Waals surface area contributed by atoms with E-state index >= 15 is 0 Å². The van der Waals surface area contributed by atoms with Crippen LogP contribution in [0.5, 0.6) is 5.88 Å². The Morgan fingerprint density at radius 1 is 1.47 bits per heavy atom. The van der Waals surface area contributed by atoms with Crippen molar-refractivity contribution in [2.45, 2.75) is 26.4 Å². The second-order valence-corrected chi connectivity index (χ2v) is 3.28. The van der Waals surface area contributed by atoms with Gasteiger partial charge >= 0.3 is 0 Å². The molecule has 0 aliphatic rings. The van der Waals surface area contributed by atoms with Crippen molar-refractivity contribution in [1.29, 1.82) is 0 Å². The van der Waals surface area contributed by atoms with Crippen LogP contribution < -0.4 is 10.5 Å². The summed E-state index contributed by atoms with van der Waals surface area (Å²) in [5, 5.41) is 0. The highest BCUT2D eigenvalue weighted by Gasteiger charge is 2.11. The van der Waals surface area contributed by atoms with Crippen molar-refractivity contribution in [2.75, 3.05) is 19.5 Å². The highest BCUT2D eigenvalue weighted by molar-refractivity contribution is 5.44. The third kappa shape index (κ3) is 3.06. The van der Waals surface area contributed by atoms with Crippen molar-refractivity contribution in [3.63, 3.8) is 0 Å². The van der Waals surface area contributed by atoms with Gasteiger partial charge in [-0.3, -0.25) is 0 Å². The van der Waals surface area contributed by atoms with Crippen LogP contribution >= 0.6 is 0 Å². The summed E-state index contributed by atoms with van der Waals surface area (Å²) in [4.78, 5) is 7.98. The lowest BCUT2D eigenvalue weighted by Gasteiger charge is -2.15. The van der Waals surface area contributed by atoms with Crippen molar-refractivity contribution < 1.29 is 9.47 Å². The van der Waals surface area contributed by atoms with Gasteiger partial charge in [-0.1, -0.05) is 6.92 Å². The topological polar surface area (TPSA) is 70.3 Å². The fourth-order valence-corrected chi connectivity index (χ4v) is 1.30. The van der Waals surface area contributed by atoms with Gasteiger partial charge in [-0.2, -0.15) is 0 Å². The minimum absolute atomic E-state index is 0.0467. The van der Waals surface area contributed by atoms with Crippen LogP contribution in [-0.4, -0.2) is 29.8 Å². The number of ether oxygens (including phenoxy) is 2. The van der Waals surface area contributed by atoms with Gasteiger partial charge < -0.3 is 15.2 Å². The molecule has 0 radical (unpaired) electrons. The molecule has 1 unspecified atom stereocenters. The van der Waals surface area contributed by atoms with E-state index < -0.39 is 0 Å². The molecular formula is C10H17N3O2. The molecule has 1 aromatic heterocycles. The predicted molar refractivity (Wildman–Crippen MR) is 57.8 cm³/mol. The lowest BCUT2D eigenvalue weighted by atomic mass is 10.2. The summed E-state index contributed by atoms with van der Waals surface area (Å²) in [6.45, 7) is 4.43. The number of hydrogen-bond donors (Lipinski definition) is 1. The highest BCUT2D eigenvalue weighted by Crippen LogP contribution is 2.20. The summed E-state index contributed by atoms with van der Waals surface area (Å²) in [7, 11) is 1.63. The number of anilines is 1. The van der Waals surface area contributed by atoms with E-state index in [0.29, 0.717) is 18.3 Å². The summed E-state index contributed by atoms with van der Waals surface area (Å²) in [5.74, 6) is 1.03. The smallest absolute Gasteiger partial charge is 0.222 e. The molecule has 1 atom stereocenters. The van der Waals surface area contributed by atoms with Crippen LogP contribution in [0.25, 0.3) is 0 Å². The zero-order valence-corrected chi connectivity index (χ0v) is 9.36. The Kier molecular flexibility index (Phi) is 4.30. The Morgan fingerprint density at radius 2 is 2.20 bits per heavy atom.